The molecule has 31 heavy (non-hydrogen) atoms. The smallest absolute Gasteiger partial charge is 0.273 e. The molecule has 2 N–H and O–H groups in total. The SMILES string of the molecule is NC(=O)c1cccc(C2=C(C(=O)N(c3ccccc3)N3CCCCC3=O)CCCC2)c1. The first-order chi connectivity index (χ1) is 15.1. The van der Waals surface area contributed by atoms with Crippen molar-refractivity contribution < 1.29 is 14.4 Å². The Morgan fingerprint density at radius 3 is 2.35 bits per heavy atom. The van der Waals surface area contributed by atoms with E-state index in [-0.39, 0.29) is 11.8 Å². The highest BCUT2D eigenvalue weighted by Gasteiger charge is 2.33. The van der Waals surface area contributed by atoms with Crippen molar-refractivity contribution in [2.75, 3.05) is 11.6 Å². The molecule has 160 valence electrons. The quantitative estimate of drug-likeness (QED) is 0.796. The van der Waals surface area contributed by atoms with Crippen molar-refractivity contribution in [3.05, 3.63) is 71.3 Å². The van der Waals surface area contributed by atoms with Gasteiger partial charge in [-0.05, 0) is 73.9 Å². The van der Waals surface area contributed by atoms with Crippen molar-refractivity contribution in [1.82, 2.24) is 5.01 Å². The van der Waals surface area contributed by atoms with Gasteiger partial charge in [-0.2, -0.15) is 0 Å². The Morgan fingerprint density at radius 1 is 0.871 bits per heavy atom. The van der Waals surface area contributed by atoms with Gasteiger partial charge in [0.2, 0.25) is 11.8 Å². The topological polar surface area (TPSA) is 83.7 Å². The van der Waals surface area contributed by atoms with Crippen LogP contribution in [0.15, 0.2) is 60.2 Å². The Kier molecular flexibility index (Phi) is 6.16. The van der Waals surface area contributed by atoms with Gasteiger partial charge in [0.05, 0.1) is 5.69 Å². The average Bonchev–Trinajstić information content (AvgIpc) is 2.81. The summed E-state index contributed by atoms with van der Waals surface area (Å²) in [6.45, 7) is 0.527. The molecule has 1 heterocycles. The highest BCUT2D eigenvalue weighted by atomic mass is 16.2. The summed E-state index contributed by atoms with van der Waals surface area (Å²) in [4.78, 5) is 38.3. The minimum absolute atomic E-state index is 0.0304. The number of hydrogen-bond donors (Lipinski definition) is 1. The maximum atomic E-state index is 13.9. The molecule has 4 rings (SSSR count). The summed E-state index contributed by atoms with van der Waals surface area (Å²) in [5.41, 5.74) is 9.06. The fraction of sp³-hybridized carbons (Fsp3) is 0.320. The van der Waals surface area contributed by atoms with Crippen LogP contribution in [0.25, 0.3) is 5.57 Å². The van der Waals surface area contributed by atoms with E-state index in [1.807, 2.05) is 36.4 Å². The molecule has 2 aromatic rings. The number of carbonyl (C=O) groups excluding carboxylic acids is 3. The second-order valence-electron chi connectivity index (χ2n) is 8.04. The first-order valence-corrected chi connectivity index (χ1v) is 10.9. The predicted octanol–water partition coefficient (Wildman–Crippen LogP) is 4.07. The van der Waals surface area contributed by atoms with Gasteiger partial charge in [-0.15, -0.1) is 0 Å². The van der Waals surface area contributed by atoms with Crippen molar-refractivity contribution in [2.24, 2.45) is 5.73 Å². The van der Waals surface area contributed by atoms with Crippen LogP contribution >= 0.6 is 0 Å². The molecule has 0 saturated carbocycles. The lowest BCUT2D eigenvalue weighted by Gasteiger charge is -2.38. The molecule has 0 aromatic heterocycles. The van der Waals surface area contributed by atoms with Crippen molar-refractivity contribution in [3.63, 3.8) is 0 Å². The second kappa shape index (κ2) is 9.16. The summed E-state index contributed by atoms with van der Waals surface area (Å²) < 4.78 is 0. The molecule has 1 aliphatic carbocycles. The third-order valence-corrected chi connectivity index (χ3v) is 5.95. The minimum Gasteiger partial charge on any atom is -0.366 e. The van der Waals surface area contributed by atoms with E-state index in [9.17, 15) is 14.4 Å². The summed E-state index contributed by atoms with van der Waals surface area (Å²) in [6.07, 6.45) is 5.44. The van der Waals surface area contributed by atoms with Gasteiger partial charge in [0.15, 0.2) is 0 Å². The number of hydrazine groups is 1. The van der Waals surface area contributed by atoms with Crippen LogP contribution in [-0.2, 0) is 9.59 Å². The number of para-hydroxylation sites is 1. The van der Waals surface area contributed by atoms with E-state index in [0.29, 0.717) is 36.2 Å². The highest BCUT2D eigenvalue weighted by molar-refractivity contribution is 6.11. The van der Waals surface area contributed by atoms with Crippen molar-refractivity contribution >= 4 is 29.0 Å². The van der Waals surface area contributed by atoms with Crippen molar-refractivity contribution in [2.45, 2.75) is 44.9 Å². The lowest BCUT2D eigenvalue weighted by Crippen LogP contribution is -2.52. The molecule has 0 atom stereocenters. The first kappa shape index (κ1) is 20.8. The lowest BCUT2D eigenvalue weighted by molar-refractivity contribution is -0.137. The van der Waals surface area contributed by atoms with Crippen LogP contribution in [-0.4, -0.2) is 29.3 Å². The fourth-order valence-corrected chi connectivity index (χ4v) is 4.39. The van der Waals surface area contributed by atoms with E-state index < -0.39 is 5.91 Å². The summed E-state index contributed by atoms with van der Waals surface area (Å²) in [5.74, 6) is -0.686. The van der Waals surface area contributed by atoms with E-state index >= 15 is 0 Å². The summed E-state index contributed by atoms with van der Waals surface area (Å²) in [7, 11) is 0. The molecule has 0 bridgehead atoms. The molecule has 3 amide bonds. The molecular weight excluding hydrogens is 390 g/mol. The number of carbonyl (C=O) groups is 3. The molecule has 1 saturated heterocycles. The van der Waals surface area contributed by atoms with E-state index in [0.717, 1.165) is 43.2 Å². The highest BCUT2D eigenvalue weighted by Crippen LogP contribution is 2.35. The van der Waals surface area contributed by atoms with E-state index in [1.54, 1.807) is 28.2 Å². The van der Waals surface area contributed by atoms with Gasteiger partial charge >= 0.3 is 0 Å². The fourth-order valence-electron chi connectivity index (χ4n) is 4.39. The Bertz CT molecular complexity index is 1030. The molecule has 2 aromatic carbocycles. The zero-order valence-corrected chi connectivity index (χ0v) is 17.5. The number of benzene rings is 2. The summed E-state index contributed by atoms with van der Waals surface area (Å²) in [6, 6.07) is 16.5. The van der Waals surface area contributed by atoms with Crippen LogP contribution < -0.4 is 10.7 Å². The Hall–Kier alpha value is -3.41. The monoisotopic (exact) mass is 417 g/mol. The number of piperidine rings is 1. The number of allylic oxidation sites excluding steroid dienone is 1. The molecule has 6 heteroatoms. The third kappa shape index (κ3) is 4.38. The standard InChI is InChI=1S/C25H27N3O3/c26-24(30)19-10-8-9-18(17-19)21-13-4-5-14-22(21)25(31)28(20-11-2-1-3-12-20)27-16-7-6-15-23(27)29/h1-3,8-12,17H,4-7,13-16H2,(H2,26,30). The van der Waals surface area contributed by atoms with Gasteiger partial charge in [0.1, 0.15) is 0 Å². The summed E-state index contributed by atoms with van der Waals surface area (Å²) in [5, 5.41) is 3.15. The summed E-state index contributed by atoms with van der Waals surface area (Å²) >= 11 is 0. The normalized spacial score (nSPS) is 16.9. The Morgan fingerprint density at radius 2 is 1.61 bits per heavy atom. The number of nitrogens with zero attached hydrogens (tertiary/aromatic N) is 2. The number of rotatable bonds is 5. The molecule has 0 unspecified atom stereocenters. The second-order valence-corrected chi connectivity index (χ2v) is 8.04. The van der Waals surface area contributed by atoms with Crippen molar-refractivity contribution in [1.29, 1.82) is 0 Å². The zero-order valence-electron chi connectivity index (χ0n) is 17.5. The van der Waals surface area contributed by atoms with Crippen LogP contribution in [0, 0.1) is 0 Å². The van der Waals surface area contributed by atoms with Crippen LogP contribution in [0.5, 0.6) is 0 Å². The van der Waals surface area contributed by atoms with Gasteiger partial charge in [-0.3, -0.25) is 14.4 Å². The number of primary amides is 1. The largest absolute Gasteiger partial charge is 0.366 e. The van der Waals surface area contributed by atoms with Crippen LogP contribution in [0.4, 0.5) is 5.69 Å². The van der Waals surface area contributed by atoms with Gasteiger partial charge < -0.3 is 5.73 Å². The number of amides is 3. The molecule has 2 aliphatic rings. The number of nitrogens with two attached hydrogens (primary N) is 1. The Balaban J connectivity index is 1.79. The third-order valence-electron chi connectivity index (χ3n) is 5.95. The van der Waals surface area contributed by atoms with E-state index in [4.69, 9.17) is 5.73 Å². The maximum absolute atomic E-state index is 13.9. The molecular formula is C25H27N3O3. The minimum atomic E-state index is -0.490. The van der Waals surface area contributed by atoms with Crippen LogP contribution in [0.3, 0.4) is 0 Å². The van der Waals surface area contributed by atoms with Gasteiger partial charge in [-0.1, -0.05) is 30.3 Å². The van der Waals surface area contributed by atoms with Gasteiger partial charge in [0, 0.05) is 24.1 Å². The molecule has 0 spiro atoms. The van der Waals surface area contributed by atoms with Crippen LogP contribution in [0.1, 0.15) is 60.9 Å². The van der Waals surface area contributed by atoms with Crippen LogP contribution in [0.2, 0.25) is 0 Å². The first-order valence-electron chi connectivity index (χ1n) is 10.9. The van der Waals surface area contributed by atoms with E-state index in [2.05, 4.69) is 0 Å². The zero-order chi connectivity index (χ0) is 21.8. The lowest BCUT2D eigenvalue weighted by atomic mass is 9.86. The maximum Gasteiger partial charge on any atom is 0.273 e. The molecule has 1 aliphatic heterocycles. The molecule has 6 nitrogen and oxygen atoms in total. The van der Waals surface area contributed by atoms with E-state index in [1.165, 1.54) is 0 Å². The molecule has 0 radical (unpaired) electrons. The number of anilines is 1. The van der Waals surface area contributed by atoms with Gasteiger partial charge in [-0.25, -0.2) is 10.0 Å². The Labute approximate surface area is 182 Å². The average molecular weight is 418 g/mol. The predicted molar refractivity (Wildman–Crippen MR) is 120 cm³/mol. The molecule has 1 fully saturated rings. The van der Waals surface area contributed by atoms with Gasteiger partial charge in [0.25, 0.3) is 5.91 Å². The number of hydrogen-bond acceptors (Lipinski definition) is 3. The van der Waals surface area contributed by atoms with Crippen molar-refractivity contribution in [3.8, 4) is 0 Å².